The second-order valence-corrected chi connectivity index (χ2v) is 5.48. The molecule has 1 N–H and O–H groups in total. The van der Waals surface area contributed by atoms with Gasteiger partial charge in [0.15, 0.2) is 0 Å². The predicted octanol–water partition coefficient (Wildman–Crippen LogP) is 2.39. The van der Waals surface area contributed by atoms with Crippen LogP contribution in [0.5, 0.6) is 0 Å². The molecule has 0 saturated heterocycles. The lowest BCUT2D eigenvalue weighted by molar-refractivity contribution is 0.254. The Hall–Kier alpha value is -1.09. The van der Waals surface area contributed by atoms with E-state index in [1.165, 1.54) is 5.56 Å². The molecule has 0 radical (unpaired) electrons. The summed E-state index contributed by atoms with van der Waals surface area (Å²) in [5, 5.41) is 3.38. The molecule has 90 valence electrons. The summed E-state index contributed by atoms with van der Waals surface area (Å²) in [4.78, 5) is 6.55. The number of rotatable bonds is 5. The zero-order valence-electron chi connectivity index (χ0n) is 11.0. The van der Waals surface area contributed by atoms with E-state index in [0.29, 0.717) is 0 Å². The van der Waals surface area contributed by atoms with E-state index in [2.05, 4.69) is 49.2 Å². The number of aromatic nitrogens is 1. The summed E-state index contributed by atoms with van der Waals surface area (Å²) in [7, 11) is 4.21. The molecular formula is C13H23N3. The summed E-state index contributed by atoms with van der Waals surface area (Å²) in [5.74, 6) is 0.956. The van der Waals surface area contributed by atoms with E-state index in [9.17, 15) is 0 Å². The number of hydrogen-bond acceptors (Lipinski definition) is 3. The molecule has 0 aliphatic carbocycles. The molecule has 0 fully saturated rings. The highest BCUT2D eigenvalue weighted by Gasteiger charge is 2.18. The van der Waals surface area contributed by atoms with Crippen LogP contribution in [0.15, 0.2) is 18.3 Å². The Morgan fingerprint density at radius 2 is 2.00 bits per heavy atom. The van der Waals surface area contributed by atoms with Gasteiger partial charge in [-0.15, -0.1) is 0 Å². The molecule has 1 aromatic rings. The van der Waals surface area contributed by atoms with Crippen molar-refractivity contribution in [1.82, 2.24) is 9.88 Å². The first-order valence-electron chi connectivity index (χ1n) is 5.70. The van der Waals surface area contributed by atoms with E-state index < -0.39 is 0 Å². The van der Waals surface area contributed by atoms with E-state index >= 15 is 0 Å². The lowest BCUT2D eigenvalue weighted by Gasteiger charge is -2.28. The van der Waals surface area contributed by atoms with Gasteiger partial charge in [0.25, 0.3) is 0 Å². The molecule has 0 aromatic carbocycles. The predicted molar refractivity (Wildman–Crippen MR) is 69.8 cm³/mol. The molecular weight excluding hydrogens is 198 g/mol. The maximum absolute atomic E-state index is 4.34. The van der Waals surface area contributed by atoms with Crippen LogP contribution in [0.2, 0.25) is 0 Å². The van der Waals surface area contributed by atoms with Crippen LogP contribution in [0.4, 0.5) is 5.82 Å². The first kappa shape index (κ1) is 13.0. The molecule has 0 bridgehead atoms. The first-order chi connectivity index (χ1) is 7.39. The van der Waals surface area contributed by atoms with Gasteiger partial charge in [-0.05, 0) is 38.1 Å². The van der Waals surface area contributed by atoms with Gasteiger partial charge in [-0.2, -0.15) is 0 Å². The van der Waals surface area contributed by atoms with Gasteiger partial charge in [0, 0.05) is 19.3 Å². The summed E-state index contributed by atoms with van der Waals surface area (Å²) in [6, 6.07) is 4.11. The van der Waals surface area contributed by atoms with Crippen molar-refractivity contribution in [3.05, 3.63) is 23.9 Å². The number of pyridine rings is 1. The summed E-state index contributed by atoms with van der Waals surface area (Å²) in [6.07, 6.45) is 1.89. The Labute approximate surface area is 98.9 Å². The van der Waals surface area contributed by atoms with Gasteiger partial charge >= 0.3 is 0 Å². The van der Waals surface area contributed by atoms with Crippen molar-refractivity contribution in [2.45, 2.75) is 20.8 Å². The van der Waals surface area contributed by atoms with Crippen LogP contribution in [0.3, 0.4) is 0 Å². The number of anilines is 1. The van der Waals surface area contributed by atoms with Crippen LogP contribution in [-0.2, 0) is 0 Å². The van der Waals surface area contributed by atoms with Crippen molar-refractivity contribution in [1.29, 1.82) is 0 Å². The number of hydrogen-bond donors (Lipinski definition) is 1. The largest absolute Gasteiger partial charge is 0.369 e. The van der Waals surface area contributed by atoms with Crippen molar-refractivity contribution in [2.24, 2.45) is 5.41 Å². The maximum Gasteiger partial charge on any atom is 0.125 e. The summed E-state index contributed by atoms with van der Waals surface area (Å²) < 4.78 is 0. The lowest BCUT2D eigenvalue weighted by Crippen LogP contribution is -2.34. The van der Waals surface area contributed by atoms with E-state index in [-0.39, 0.29) is 5.41 Å². The van der Waals surface area contributed by atoms with Crippen molar-refractivity contribution in [3.63, 3.8) is 0 Å². The monoisotopic (exact) mass is 221 g/mol. The van der Waals surface area contributed by atoms with Crippen LogP contribution in [0, 0.1) is 12.3 Å². The van der Waals surface area contributed by atoms with Gasteiger partial charge in [0.1, 0.15) is 5.82 Å². The third kappa shape index (κ3) is 4.62. The fourth-order valence-corrected chi connectivity index (χ4v) is 1.81. The minimum Gasteiger partial charge on any atom is -0.369 e. The molecule has 3 heteroatoms. The number of nitrogens with zero attached hydrogens (tertiary/aromatic N) is 2. The molecule has 0 aliphatic heterocycles. The van der Waals surface area contributed by atoms with Crippen LogP contribution < -0.4 is 5.32 Å². The zero-order chi connectivity index (χ0) is 12.2. The average Bonchev–Trinajstić information content (AvgIpc) is 2.15. The molecule has 0 saturated carbocycles. The molecule has 0 atom stereocenters. The minimum atomic E-state index is 0.246. The average molecular weight is 221 g/mol. The Kier molecular flexibility index (Phi) is 4.30. The van der Waals surface area contributed by atoms with Gasteiger partial charge in [0.2, 0.25) is 0 Å². The fourth-order valence-electron chi connectivity index (χ4n) is 1.81. The lowest BCUT2D eigenvalue weighted by atomic mass is 9.93. The second-order valence-electron chi connectivity index (χ2n) is 5.48. The minimum absolute atomic E-state index is 0.246. The fraction of sp³-hybridized carbons (Fsp3) is 0.615. The van der Waals surface area contributed by atoms with Gasteiger partial charge in [-0.25, -0.2) is 4.98 Å². The Balaban J connectivity index is 2.47. The van der Waals surface area contributed by atoms with Gasteiger partial charge in [-0.1, -0.05) is 19.9 Å². The highest BCUT2D eigenvalue weighted by atomic mass is 15.1. The molecule has 0 aliphatic rings. The Morgan fingerprint density at radius 1 is 1.31 bits per heavy atom. The molecule has 1 aromatic heterocycles. The van der Waals surface area contributed by atoms with E-state index in [1.807, 2.05) is 19.2 Å². The third-order valence-electron chi connectivity index (χ3n) is 2.40. The second kappa shape index (κ2) is 5.30. The normalized spacial score (nSPS) is 11.9. The van der Waals surface area contributed by atoms with E-state index in [0.717, 1.165) is 18.9 Å². The Bertz CT molecular complexity index is 314. The third-order valence-corrected chi connectivity index (χ3v) is 2.40. The van der Waals surface area contributed by atoms with Gasteiger partial charge < -0.3 is 10.2 Å². The van der Waals surface area contributed by atoms with E-state index in [1.54, 1.807) is 0 Å². The van der Waals surface area contributed by atoms with Crippen molar-refractivity contribution >= 4 is 5.82 Å². The molecule has 1 rings (SSSR count). The van der Waals surface area contributed by atoms with Crippen molar-refractivity contribution in [3.8, 4) is 0 Å². The maximum atomic E-state index is 4.34. The molecule has 16 heavy (non-hydrogen) atoms. The smallest absolute Gasteiger partial charge is 0.125 e. The van der Waals surface area contributed by atoms with Crippen molar-refractivity contribution < 1.29 is 0 Å². The summed E-state index contributed by atoms with van der Waals surface area (Å²) in [5.41, 5.74) is 1.44. The number of nitrogens with one attached hydrogen (secondary N) is 1. The molecule has 3 nitrogen and oxygen atoms in total. The molecule has 0 spiro atoms. The van der Waals surface area contributed by atoms with Crippen molar-refractivity contribution in [2.75, 3.05) is 32.5 Å². The standard InChI is InChI=1S/C13H23N3/c1-11-6-7-12(14-8-11)15-9-13(2,3)10-16(4)5/h6-8H,9-10H2,1-5H3,(H,14,15). The Morgan fingerprint density at radius 3 is 2.50 bits per heavy atom. The van der Waals surface area contributed by atoms with Crippen LogP contribution in [0.25, 0.3) is 0 Å². The molecule has 0 unspecified atom stereocenters. The quantitative estimate of drug-likeness (QED) is 0.827. The SMILES string of the molecule is Cc1ccc(NCC(C)(C)CN(C)C)nc1. The molecule has 0 amide bonds. The van der Waals surface area contributed by atoms with Gasteiger partial charge in [-0.3, -0.25) is 0 Å². The van der Waals surface area contributed by atoms with Crippen LogP contribution in [-0.4, -0.2) is 37.1 Å². The van der Waals surface area contributed by atoms with Crippen LogP contribution >= 0.6 is 0 Å². The topological polar surface area (TPSA) is 28.2 Å². The first-order valence-corrected chi connectivity index (χ1v) is 5.70. The highest BCUT2D eigenvalue weighted by molar-refractivity contribution is 5.35. The van der Waals surface area contributed by atoms with Crippen LogP contribution in [0.1, 0.15) is 19.4 Å². The summed E-state index contributed by atoms with van der Waals surface area (Å²) >= 11 is 0. The summed E-state index contributed by atoms with van der Waals surface area (Å²) in [6.45, 7) is 8.56. The zero-order valence-corrected chi connectivity index (χ0v) is 11.0. The number of aryl methyl sites for hydroxylation is 1. The van der Waals surface area contributed by atoms with Gasteiger partial charge in [0.05, 0.1) is 0 Å². The highest BCUT2D eigenvalue weighted by Crippen LogP contribution is 2.16. The van der Waals surface area contributed by atoms with E-state index in [4.69, 9.17) is 0 Å². The molecule has 1 heterocycles.